The van der Waals surface area contributed by atoms with Gasteiger partial charge in [-0.2, -0.15) is 0 Å². The Kier molecular flexibility index (Phi) is 7.90. The molecule has 3 aromatic rings. The van der Waals surface area contributed by atoms with Crippen LogP contribution in [-0.2, 0) is 16.6 Å². The fourth-order valence-corrected chi connectivity index (χ4v) is 4.58. The summed E-state index contributed by atoms with van der Waals surface area (Å²) in [4.78, 5) is 12.9. The summed E-state index contributed by atoms with van der Waals surface area (Å²) >= 11 is 6.29. The number of amides is 1. The van der Waals surface area contributed by atoms with Crippen LogP contribution in [0.15, 0.2) is 59.5 Å². The van der Waals surface area contributed by atoms with Crippen LogP contribution in [0, 0.1) is 6.92 Å². The van der Waals surface area contributed by atoms with E-state index in [2.05, 4.69) is 10.0 Å². The molecule has 0 saturated heterocycles. The molecule has 0 aliphatic carbocycles. The minimum Gasteiger partial charge on any atom is -0.493 e. The van der Waals surface area contributed by atoms with Crippen LogP contribution in [0.1, 0.15) is 21.5 Å². The number of rotatable bonds is 9. The number of hydrogen-bond donors (Lipinski definition) is 2. The summed E-state index contributed by atoms with van der Waals surface area (Å²) in [5, 5.41) is 2.88. The zero-order chi connectivity index (χ0) is 24.9. The summed E-state index contributed by atoms with van der Waals surface area (Å²) in [6.07, 6.45) is 0. The van der Waals surface area contributed by atoms with Gasteiger partial charge in [0, 0.05) is 12.1 Å². The Morgan fingerprint density at radius 3 is 2.18 bits per heavy atom. The van der Waals surface area contributed by atoms with Gasteiger partial charge in [-0.05, 0) is 49.4 Å². The van der Waals surface area contributed by atoms with E-state index in [1.54, 1.807) is 24.3 Å². The van der Waals surface area contributed by atoms with E-state index in [-0.39, 0.29) is 27.7 Å². The topological polar surface area (TPSA) is 103 Å². The average molecular weight is 505 g/mol. The first kappa shape index (κ1) is 25.2. The molecule has 0 aliphatic rings. The van der Waals surface area contributed by atoms with Gasteiger partial charge in [0.15, 0.2) is 11.5 Å². The third-order valence-electron chi connectivity index (χ3n) is 5.02. The smallest absolute Gasteiger partial charge is 0.261 e. The lowest BCUT2D eigenvalue weighted by molar-refractivity contribution is 0.0950. The van der Waals surface area contributed by atoms with E-state index in [1.165, 1.54) is 51.7 Å². The molecule has 0 aromatic heterocycles. The van der Waals surface area contributed by atoms with Gasteiger partial charge in [0.1, 0.15) is 0 Å². The second kappa shape index (κ2) is 10.7. The molecule has 0 aliphatic heterocycles. The first-order valence-electron chi connectivity index (χ1n) is 10.1. The number of hydrogen-bond acceptors (Lipinski definition) is 6. The van der Waals surface area contributed by atoms with E-state index in [9.17, 15) is 13.2 Å². The molecule has 2 N–H and O–H groups in total. The molecule has 0 fully saturated rings. The number of sulfonamides is 1. The second-order valence-corrected chi connectivity index (χ2v) is 9.38. The van der Waals surface area contributed by atoms with Gasteiger partial charge in [-0.25, -0.2) is 8.42 Å². The van der Waals surface area contributed by atoms with E-state index in [4.69, 9.17) is 25.8 Å². The Labute approximate surface area is 203 Å². The first-order valence-corrected chi connectivity index (χ1v) is 12.0. The molecule has 0 atom stereocenters. The van der Waals surface area contributed by atoms with Crippen molar-refractivity contribution in [3.05, 3.63) is 76.3 Å². The van der Waals surface area contributed by atoms with E-state index >= 15 is 0 Å². The van der Waals surface area contributed by atoms with Crippen LogP contribution in [0.25, 0.3) is 0 Å². The number of halogens is 1. The molecule has 180 valence electrons. The number of benzene rings is 3. The van der Waals surface area contributed by atoms with E-state index in [0.717, 1.165) is 5.56 Å². The quantitative estimate of drug-likeness (QED) is 0.447. The molecule has 3 aromatic carbocycles. The van der Waals surface area contributed by atoms with Crippen molar-refractivity contribution in [2.45, 2.75) is 18.4 Å². The van der Waals surface area contributed by atoms with Crippen molar-refractivity contribution in [1.82, 2.24) is 5.32 Å². The van der Waals surface area contributed by atoms with Crippen molar-refractivity contribution in [1.29, 1.82) is 0 Å². The Bertz CT molecular complexity index is 1290. The highest BCUT2D eigenvalue weighted by molar-refractivity contribution is 7.92. The highest BCUT2D eigenvalue weighted by Crippen LogP contribution is 2.39. The Morgan fingerprint density at radius 1 is 0.912 bits per heavy atom. The lowest BCUT2D eigenvalue weighted by Crippen LogP contribution is -2.23. The van der Waals surface area contributed by atoms with Crippen molar-refractivity contribution in [3.63, 3.8) is 0 Å². The van der Waals surface area contributed by atoms with Gasteiger partial charge >= 0.3 is 0 Å². The van der Waals surface area contributed by atoms with Crippen molar-refractivity contribution in [3.8, 4) is 17.2 Å². The molecule has 0 saturated carbocycles. The summed E-state index contributed by atoms with van der Waals surface area (Å²) in [5.41, 5.74) is 2.05. The SMILES string of the molecule is COc1ccc(CNC(=O)c2ccc(NS(=O)(=O)c3ccc(C)cc3)cc2Cl)c(OC)c1OC. The number of carbonyl (C=O) groups is 1. The Hall–Kier alpha value is -3.43. The zero-order valence-corrected chi connectivity index (χ0v) is 20.7. The van der Waals surface area contributed by atoms with Crippen LogP contribution in [0.4, 0.5) is 5.69 Å². The van der Waals surface area contributed by atoms with Gasteiger partial charge in [0.05, 0.1) is 42.5 Å². The summed E-state index contributed by atoms with van der Waals surface area (Å²) in [5.74, 6) is 0.921. The van der Waals surface area contributed by atoms with Crippen LogP contribution >= 0.6 is 11.6 Å². The first-order chi connectivity index (χ1) is 16.2. The van der Waals surface area contributed by atoms with Gasteiger partial charge in [-0.3, -0.25) is 9.52 Å². The summed E-state index contributed by atoms with van der Waals surface area (Å²) in [7, 11) is 0.721. The third-order valence-corrected chi connectivity index (χ3v) is 6.73. The number of anilines is 1. The van der Waals surface area contributed by atoms with Gasteiger partial charge in [0.25, 0.3) is 15.9 Å². The van der Waals surface area contributed by atoms with Gasteiger partial charge < -0.3 is 19.5 Å². The molecular formula is C24H25ClN2O6S. The van der Waals surface area contributed by atoms with Crippen LogP contribution < -0.4 is 24.2 Å². The maximum atomic E-state index is 12.7. The second-order valence-electron chi connectivity index (χ2n) is 7.29. The molecule has 8 nitrogen and oxygen atoms in total. The Morgan fingerprint density at radius 2 is 1.59 bits per heavy atom. The Balaban J connectivity index is 1.74. The molecule has 0 bridgehead atoms. The summed E-state index contributed by atoms with van der Waals surface area (Å²) in [6, 6.07) is 14.2. The highest BCUT2D eigenvalue weighted by atomic mass is 35.5. The van der Waals surface area contributed by atoms with Crippen molar-refractivity contribution < 1.29 is 27.4 Å². The van der Waals surface area contributed by atoms with Gasteiger partial charge in [-0.1, -0.05) is 29.3 Å². The lowest BCUT2D eigenvalue weighted by atomic mass is 10.1. The number of carbonyl (C=O) groups excluding carboxylic acids is 1. The van der Waals surface area contributed by atoms with Gasteiger partial charge in [-0.15, -0.1) is 0 Å². The molecule has 0 radical (unpaired) electrons. The fourth-order valence-electron chi connectivity index (χ4n) is 3.27. The number of nitrogens with one attached hydrogen (secondary N) is 2. The average Bonchev–Trinajstić information content (AvgIpc) is 2.81. The molecule has 0 unspecified atom stereocenters. The number of methoxy groups -OCH3 is 3. The van der Waals surface area contributed by atoms with E-state index in [0.29, 0.717) is 22.8 Å². The van der Waals surface area contributed by atoms with E-state index < -0.39 is 15.9 Å². The van der Waals surface area contributed by atoms with Crippen LogP contribution in [0.3, 0.4) is 0 Å². The molecule has 1 amide bonds. The third kappa shape index (κ3) is 5.55. The van der Waals surface area contributed by atoms with Crippen molar-refractivity contribution in [2.75, 3.05) is 26.1 Å². The minimum atomic E-state index is -3.79. The maximum absolute atomic E-state index is 12.7. The monoisotopic (exact) mass is 504 g/mol. The molecular weight excluding hydrogens is 480 g/mol. The number of ether oxygens (including phenoxy) is 3. The molecule has 34 heavy (non-hydrogen) atoms. The lowest BCUT2D eigenvalue weighted by Gasteiger charge is -2.16. The predicted octanol–water partition coefficient (Wildman–Crippen LogP) is 4.41. The highest BCUT2D eigenvalue weighted by Gasteiger charge is 2.19. The summed E-state index contributed by atoms with van der Waals surface area (Å²) < 4.78 is 43.7. The standard InChI is InChI=1S/C24H25ClN2O6S/c1-15-5-9-18(10-6-15)34(29,30)27-17-8-11-19(20(25)13-17)24(28)26-14-16-7-12-21(31-2)23(33-4)22(16)32-3/h5-13,27H,14H2,1-4H3,(H,26,28). The maximum Gasteiger partial charge on any atom is 0.261 e. The van der Waals surface area contributed by atoms with E-state index in [1.807, 2.05) is 6.92 Å². The van der Waals surface area contributed by atoms with Crippen LogP contribution in [-0.4, -0.2) is 35.7 Å². The normalized spacial score (nSPS) is 11.0. The zero-order valence-electron chi connectivity index (χ0n) is 19.1. The van der Waals surface area contributed by atoms with Crippen LogP contribution in [0.5, 0.6) is 17.2 Å². The van der Waals surface area contributed by atoms with Crippen molar-refractivity contribution in [2.24, 2.45) is 0 Å². The number of aryl methyl sites for hydroxylation is 1. The van der Waals surface area contributed by atoms with Crippen LogP contribution in [0.2, 0.25) is 5.02 Å². The van der Waals surface area contributed by atoms with Crippen molar-refractivity contribution >= 4 is 33.2 Å². The molecule has 0 spiro atoms. The van der Waals surface area contributed by atoms with Gasteiger partial charge in [0.2, 0.25) is 5.75 Å². The fraction of sp³-hybridized carbons (Fsp3) is 0.208. The molecule has 0 heterocycles. The molecule has 3 rings (SSSR count). The summed E-state index contributed by atoms with van der Waals surface area (Å²) in [6.45, 7) is 2.01. The minimum absolute atomic E-state index is 0.0980. The largest absolute Gasteiger partial charge is 0.493 e. The molecule has 10 heteroatoms. The predicted molar refractivity (Wildman–Crippen MR) is 131 cm³/mol.